The van der Waals surface area contributed by atoms with Gasteiger partial charge in [-0.25, -0.2) is 4.39 Å². The summed E-state index contributed by atoms with van der Waals surface area (Å²) in [6.45, 7) is 11.8. The average molecular weight is 335 g/mol. The highest BCUT2D eigenvalue weighted by molar-refractivity contribution is 5.76. The van der Waals surface area contributed by atoms with E-state index >= 15 is 0 Å². The maximum atomic E-state index is 13.1. The summed E-state index contributed by atoms with van der Waals surface area (Å²) < 4.78 is 13.1. The van der Waals surface area contributed by atoms with Gasteiger partial charge in [0.25, 0.3) is 0 Å². The van der Waals surface area contributed by atoms with E-state index in [1.165, 1.54) is 12.1 Å². The van der Waals surface area contributed by atoms with E-state index in [1.54, 1.807) is 6.07 Å². The highest BCUT2D eigenvalue weighted by atomic mass is 19.1. The molecule has 134 valence electrons. The lowest BCUT2D eigenvalue weighted by Crippen LogP contribution is -2.48. The van der Waals surface area contributed by atoms with Crippen molar-refractivity contribution in [3.8, 4) is 0 Å². The fourth-order valence-corrected chi connectivity index (χ4v) is 3.12. The quantitative estimate of drug-likeness (QED) is 0.791. The van der Waals surface area contributed by atoms with E-state index in [0.29, 0.717) is 25.3 Å². The summed E-state index contributed by atoms with van der Waals surface area (Å²) in [5, 5.41) is 3.01. The van der Waals surface area contributed by atoms with Crippen LogP contribution in [-0.4, -0.2) is 61.5 Å². The molecule has 0 aromatic heterocycles. The van der Waals surface area contributed by atoms with Crippen LogP contribution in [0.3, 0.4) is 0 Å². The third-order valence-electron chi connectivity index (χ3n) is 4.66. The van der Waals surface area contributed by atoms with Gasteiger partial charge >= 0.3 is 0 Å². The fraction of sp³-hybridized carbons (Fsp3) is 0.632. The first kappa shape index (κ1) is 18.9. The lowest BCUT2D eigenvalue weighted by atomic mass is 10.1. The van der Waals surface area contributed by atoms with E-state index in [4.69, 9.17) is 0 Å². The Kier molecular flexibility index (Phi) is 7.66. The number of benzene rings is 1. The Morgan fingerprint density at radius 2 is 1.96 bits per heavy atom. The van der Waals surface area contributed by atoms with Crippen LogP contribution in [0.1, 0.15) is 25.8 Å². The highest BCUT2D eigenvalue weighted by Gasteiger charge is 2.17. The van der Waals surface area contributed by atoms with Gasteiger partial charge in [0.05, 0.1) is 0 Å². The minimum atomic E-state index is -0.246. The minimum Gasteiger partial charge on any atom is -0.356 e. The molecule has 0 radical (unpaired) electrons. The van der Waals surface area contributed by atoms with Crippen LogP contribution in [0.15, 0.2) is 24.3 Å². The monoisotopic (exact) mass is 335 g/mol. The second-order valence-electron chi connectivity index (χ2n) is 6.77. The molecule has 1 fully saturated rings. The topological polar surface area (TPSA) is 35.6 Å². The molecule has 1 atom stereocenters. The van der Waals surface area contributed by atoms with E-state index < -0.39 is 0 Å². The molecule has 1 aromatic carbocycles. The molecule has 24 heavy (non-hydrogen) atoms. The predicted octanol–water partition coefficient (Wildman–Crippen LogP) is 2.15. The third-order valence-corrected chi connectivity index (χ3v) is 4.66. The van der Waals surface area contributed by atoms with Crippen LogP contribution in [0.5, 0.6) is 0 Å². The minimum absolute atomic E-state index is 0.0434. The number of piperazine rings is 1. The molecule has 5 heteroatoms. The van der Waals surface area contributed by atoms with Crippen LogP contribution in [0, 0.1) is 11.7 Å². The van der Waals surface area contributed by atoms with Crippen LogP contribution in [0.2, 0.25) is 0 Å². The summed E-state index contributed by atoms with van der Waals surface area (Å²) in [5.74, 6) is 0.239. The van der Waals surface area contributed by atoms with Gasteiger partial charge in [-0.05, 0) is 36.6 Å². The predicted molar refractivity (Wildman–Crippen MR) is 95.4 cm³/mol. The molecule has 1 aliphatic rings. The molecule has 4 nitrogen and oxygen atoms in total. The molecule has 0 saturated carbocycles. The molecule has 0 spiro atoms. The maximum Gasteiger partial charge on any atom is 0.220 e. The van der Waals surface area contributed by atoms with Crippen molar-refractivity contribution in [1.29, 1.82) is 0 Å². The summed E-state index contributed by atoms with van der Waals surface area (Å²) in [6, 6.07) is 6.45. The first-order valence-corrected chi connectivity index (χ1v) is 9.02. The third kappa shape index (κ3) is 6.57. The second-order valence-corrected chi connectivity index (χ2v) is 6.77. The molecule has 1 heterocycles. The fourth-order valence-electron chi connectivity index (χ4n) is 3.12. The van der Waals surface area contributed by atoms with Crippen molar-refractivity contribution in [1.82, 2.24) is 15.1 Å². The molecule has 1 unspecified atom stereocenters. The Hall–Kier alpha value is -1.46. The number of rotatable bonds is 8. The van der Waals surface area contributed by atoms with Crippen LogP contribution < -0.4 is 5.32 Å². The van der Waals surface area contributed by atoms with Crippen LogP contribution in [-0.2, 0) is 11.2 Å². The summed E-state index contributed by atoms with van der Waals surface area (Å²) in [5.41, 5.74) is 0.868. The molecule has 0 bridgehead atoms. The zero-order valence-electron chi connectivity index (χ0n) is 14.9. The van der Waals surface area contributed by atoms with Gasteiger partial charge in [-0.15, -0.1) is 0 Å². The molecule has 0 aliphatic carbocycles. The van der Waals surface area contributed by atoms with E-state index in [2.05, 4.69) is 29.0 Å². The van der Waals surface area contributed by atoms with Gasteiger partial charge in [-0.3, -0.25) is 4.79 Å². The number of hydrogen-bond acceptors (Lipinski definition) is 3. The van der Waals surface area contributed by atoms with Gasteiger partial charge in [0.15, 0.2) is 0 Å². The number of nitrogens with one attached hydrogen (secondary N) is 1. The summed E-state index contributed by atoms with van der Waals surface area (Å²) in [4.78, 5) is 16.9. The van der Waals surface area contributed by atoms with E-state index in [0.717, 1.165) is 44.8 Å². The molecule has 1 amide bonds. The number of nitrogens with zero attached hydrogens (tertiary/aromatic N) is 2. The Bertz CT molecular complexity index is 515. The SMILES string of the molecule is CCN1CCN(CC(C)CNC(=O)CCc2cccc(F)c2)CC1. The van der Waals surface area contributed by atoms with Crippen molar-refractivity contribution in [3.05, 3.63) is 35.6 Å². The van der Waals surface area contributed by atoms with Gasteiger partial charge in [-0.2, -0.15) is 0 Å². The number of halogens is 1. The Morgan fingerprint density at radius 1 is 1.25 bits per heavy atom. The van der Waals surface area contributed by atoms with Crippen LogP contribution in [0.4, 0.5) is 4.39 Å². The van der Waals surface area contributed by atoms with E-state index in [1.807, 2.05) is 6.07 Å². The number of amides is 1. The number of aryl methyl sites for hydroxylation is 1. The van der Waals surface area contributed by atoms with Gasteiger partial charge in [0.2, 0.25) is 5.91 Å². The van der Waals surface area contributed by atoms with Crippen molar-refractivity contribution < 1.29 is 9.18 Å². The van der Waals surface area contributed by atoms with Crippen molar-refractivity contribution in [2.75, 3.05) is 45.8 Å². The van der Waals surface area contributed by atoms with Gasteiger partial charge < -0.3 is 15.1 Å². The van der Waals surface area contributed by atoms with E-state index in [-0.39, 0.29) is 11.7 Å². The summed E-state index contributed by atoms with van der Waals surface area (Å²) in [6.07, 6.45) is 0.988. The number of carbonyl (C=O) groups excluding carboxylic acids is 1. The molecular weight excluding hydrogens is 305 g/mol. The maximum absolute atomic E-state index is 13.1. The highest BCUT2D eigenvalue weighted by Crippen LogP contribution is 2.07. The van der Waals surface area contributed by atoms with Crippen molar-refractivity contribution in [3.63, 3.8) is 0 Å². The summed E-state index contributed by atoms with van der Waals surface area (Å²) in [7, 11) is 0. The smallest absolute Gasteiger partial charge is 0.220 e. The Balaban J connectivity index is 1.61. The zero-order valence-corrected chi connectivity index (χ0v) is 14.9. The van der Waals surface area contributed by atoms with Gasteiger partial charge in [0.1, 0.15) is 5.82 Å². The Morgan fingerprint density at radius 3 is 2.62 bits per heavy atom. The molecule has 1 aromatic rings. The molecule has 1 aliphatic heterocycles. The van der Waals surface area contributed by atoms with Gasteiger partial charge in [0, 0.05) is 45.7 Å². The standard InChI is InChI=1S/C19H30FN3O/c1-3-22-9-11-23(12-10-22)15-16(2)14-21-19(24)8-7-17-5-4-6-18(20)13-17/h4-6,13,16H,3,7-12,14-15H2,1-2H3,(H,21,24). The van der Waals surface area contributed by atoms with Crippen molar-refractivity contribution in [2.24, 2.45) is 5.92 Å². The molecule has 1 saturated heterocycles. The first-order valence-electron chi connectivity index (χ1n) is 9.02. The Labute approximate surface area is 145 Å². The second kappa shape index (κ2) is 9.74. The normalized spacial score (nSPS) is 17.6. The molecule has 1 N–H and O–H groups in total. The average Bonchev–Trinajstić information content (AvgIpc) is 2.59. The van der Waals surface area contributed by atoms with Crippen LogP contribution in [0.25, 0.3) is 0 Å². The van der Waals surface area contributed by atoms with Crippen molar-refractivity contribution >= 4 is 5.91 Å². The van der Waals surface area contributed by atoms with E-state index in [9.17, 15) is 9.18 Å². The number of carbonyl (C=O) groups is 1. The molecule has 2 rings (SSSR count). The van der Waals surface area contributed by atoms with Crippen LogP contribution >= 0.6 is 0 Å². The van der Waals surface area contributed by atoms with Gasteiger partial charge in [-0.1, -0.05) is 26.0 Å². The van der Waals surface area contributed by atoms with Crippen molar-refractivity contribution in [2.45, 2.75) is 26.7 Å². The number of hydrogen-bond donors (Lipinski definition) is 1. The zero-order chi connectivity index (χ0) is 17.4. The first-order chi connectivity index (χ1) is 11.6. The number of likely N-dealkylation sites (N-methyl/N-ethyl adjacent to an activating group) is 1. The lowest BCUT2D eigenvalue weighted by molar-refractivity contribution is -0.121. The lowest BCUT2D eigenvalue weighted by Gasteiger charge is -2.35. The molecular formula is C19H30FN3O. The summed E-state index contributed by atoms with van der Waals surface area (Å²) >= 11 is 0. The largest absolute Gasteiger partial charge is 0.356 e.